The van der Waals surface area contributed by atoms with Crippen molar-refractivity contribution in [3.05, 3.63) is 0 Å². The molecule has 1 unspecified atom stereocenters. The lowest BCUT2D eigenvalue weighted by molar-refractivity contribution is -0.140. The zero-order valence-electron chi connectivity index (χ0n) is 6.91. The van der Waals surface area contributed by atoms with Crippen molar-refractivity contribution in [3.63, 3.8) is 0 Å². The fourth-order valence-corrected chi connectivity index (χ4v) is 0.908. The van der Waals surface area contributed by atoms with Crippen molar-refractivity contribution in [3.8, 4) is 0 Å². The van der Waals surface area contributed by atoms with E-state index in [-0.39, 0.29) is 12.5 Å². The van der Waals surface area contributed by atoms with Crippen molar-refractivity contribution < 1.29 is 14.7 Å². The SMILES string of the molecule is CC(C)CC(CC(=O)O)ON. The van der Waals surface area contributed by atoms with Crippen LogP contribution in [0.15, 0.2) is 0 Å². The van der Waals surface area contributed by atoms with Gasteiger partial charge < -0.3 is 9.94 Å². The average Bonchev–Trinajstić information content (AvgIpc) is 1.84. The third kappa shape index (κ3) is 5.82. The molecule has 0 aliphatic heterocycles. The summed E-state index contributed by atoms with van der Waals surface area (Å²) in [6.45, 7) is 3.99. The third-order valence-electron chi connectivity index (χ3n) is 1.33. The van der Waals surface area contributed by atoms with Crippen LogP contribution in [0.3, 0.4) is 0 Å². The van der Waals surface area contributed by atoms with Gasteiger partial charge in [-0.3, -0.25) is 4.79 Å². The van der Waals surface area contributed by atoms with Crippen LogP contribution in [-0.2, 0) is 9.63 Å². The monoisotopic (exact) mass is 161 g/mol. The van der Waals surface area contributed by atoms with Gasteiger partial charge in [0.1, 0.15) is 0 Å². The highest BCUT2D eigenvalue weighted by atomic mass is 16.6. The van der Waals surface area contributed by atoms with Crippen LogP contribution in [0.4, 0.5) is 0 Å². The summed E-state index contributed by atoms with van der Waals surface area (Å²) in [5.41, 5.74) is 0. The molecule has 0 saturated carbocycles. The Hall–Kier alpha value is -0.610. The first-order chi connectivity index (χ1) is 5.06. The average molecular weight is 161 g/mol. The Morgan fingerprint density at radius 2 is 2.18 bits per heavy atom. The van der Waals surface area contributed by atoms with E-state index in [9.17, 15) is 4.79 Å². The van der Waals surface area contributed by atoms with Gasteiger partial charge >= 0.3 is 5.97 Å². The van der Waals surface area contributed by atoms with Crippen LogP contribution in [-0.4, -0.2) is 17.2 Å². The zero-order chi connectivity index (χ0) is 8.85. The number of carbonyl (C=O) groups is 1. The minimum atomic E-state index is -0.874. The number of rotatable bonds is 5. The summed E-state index contributed by atoms with van der Waals surface area (Å²) in [7, 11) is 0. The molecule has 0 spiro atoms. The van der Waals surface area contributed by atoms with Crippen molar-refractivity contribution in [1.29, 1.82) is 0 Å². The second kappa shape index (κ2) is 5.09. The minimum Gasteiger partial charge on any atom is -0.481 e. The molecular weight excluding hydrogens is 146 g/mol. The molecular formula is C7H15NO3. The number of carboxylic acids is 1. The summed E-state index contributed by atoms with van der Waals surface area (Å²) in [5, 5.41) is 8.39. The highest BCUT2D eigenvalue weighted by Gasteiger charge is 2.13. The molecule has 0 amide bonds. The molecule has 3 N–H and O–H groups in total. The van der Waals surface area contributed by atoms with Crippen LogP contribution in [0.1, 0.15) is 26.7 Å². The molecule has 66 valence electrons. The highest BCUT2D eigenvalue weighted by molar-refractivity contribution is 5.67. The first kappa shape index (κ1) is 10.4. The van der Waals surface area contributed by atoms with E-state index in [4.69, 9.17) is 11.0 Å². The molecule has 0 rings (SSSR count). The van der Waals surface area contributed by atoms with Gasteiger partial charge in [0.05, 0.1) is 12.5 Å². The van der Waals surface area contributed by atoms with E-state index in [1.807, 2.05) is 13.8 Å². The number of aliphatic carboxylic acids is 1. The summed E-state index contributed by atoms with van der Waals surface area (Å²) in [4.78, 5) is 14.7. The molecule has 0 aromatic rings. The van der Waals surface area contributed by atoms with Crippen molar-refractivity contribution in [2.75, 3.05) is 0 Å². The maximum atomic E-state index is 10.2. The van der Waals surface area contributed by atoms with E-state index in [0.29, 0.717) is 12.3 Å². The van der Waals surface area contributed by atoms with Crippen molar-refractivity contribution in [1.82, 2.24) is 0 Å². The van der Waals surface area contributed by atoms with Gasteiger partial charge in [-0.1, -0.05) is 13.8 Å². The van der Waals surface area contributed by atoms with Crippen LogP contribution in [0, 0.1) is 5.92 Å². The first-order valence-corrected chi connectivity index (χ1v) is 3.63. The Balaban J connectivity index is 3.66. The standard InChI is InChI=1S/C7H15NO3/c1-5(2)3-6(11-8)4-7(9)10/h5-6H,3-4,8H2,1-2H3,(H,9,10). The molecule has 11 heavy (non-hydrogen) atoms. The largest absolute Gasteiger partial charge is 0.481 e. The minimum absolute atomic E-state index is 0.0192. The normalized spacial score (nSPS) is 13.5. The Morgan fingerprint density at radius 3 is 2.45 bits per heavy atom. The number of hydrogen-bond donors (Lipinski definition) is 2. The second-order valence-electron chi connectivity index (χ2n) is 2.99. The Morgan fingerprint density at radius 1 is 1.64 bits per heavy atom. The van der Waals surface area contributed by atoms with Gasteiger partial charge in [-0.15, -0.1) is 0 Å². The molecule has 0 heterocycles. The molecule has 0 fully saturated rings. The van der Waals surface area contributed by atoms with E-state index in [2.05, 4.69) is 4.84 Å². The van der Waals surface area contributed by atoms with E-state index in [1.165, 1.54) is 0 Å². The molecule has 1 atom stereocenters. The molecule has 0 saturated heterocycles. The molecule has 0 aromatic carbocycles. The van der Waals surface area contributed by atoms with Crippen LogP contribution >= 0.6 is 0 Å². The predicted molar refractivity (Wildman–Crippen MR) is 40.8 cm³/mol. The summed E-state index contributed by atoms with van der Waals surface area (Å²) in [5.74, 6) is 4.44. The van der Waals surface area contributed by atoms with E-state index < -0.39 is 5.97 Å². The lowest BCUT2D eigenvalue weighted by Gasteiger charge is -2.13. The molecule has 4 heteroatoms. The fourth-order valence-electron chi connectivity index (χ4n) is 0.908. The van der Waals surface area contributed by atoms with Crippen molar-refractivity contribution >= 4 is 5.97 Å². The summed E-state index contributed by atoms with van der Waals surface area (Å²) < 4.78 is 0. The number of nitrogens with two attached hydrogens (primary N) is 1. The second-order valence-corrected chi connectivity index (χ2v) is 2.99. The number of hydrogen-bond acceptors (Lipinski definition) is 3. The van der Waals surface area contributed by atoms with Crippen LogP contribution in [0.5, 0.6) is 0 Å². The highest BCUT2D eigenvalue weighted by Crippen LogP contribution is 2.09. The van der Waals surface area contributed by atoms with Gasteiger partial charge in [0.15, 0.2) is 0 Å². The Kier molecular flexibility index (Phi) is 4.81. The van der Waals surface area contributed by atoms with Crippen molar-refractivity contribution in [2.24, 2.45) is 11.8 Å². The Bertz CT molecular complexity index is 125. The zero-order valence-corrected chi connectivity index (χ0v) is 6.91. The van der Waals surface area contributed by atoms with Gasteiger partial charge in [0.2, 0.25) is 0 Å². The molecule has 0 bridgehead atoms. The Labute approximate surface area is 66.3 Å². The maximum Gasteiger partial charge on any atom is 0.306 e. The maximum absolute atomic E-state index is 10.2. The van der Waals surface area contributed by atoms with Crippen LogP contribution in [0.2, 0.25) is 0 Å². The van der Waals surface area contributed by atoms with E-state index >= 15 is 0 Å². The van der Waals surface area contributed by atoms with Crippen LogP contribution < -0.4 is 5.90 Å². The van der Waals surface area contributed by atoms with Gasteiger partial charge in [0, 0.05) is 0 Å². The first-order valence-electron chi connectivity index (χ1n) is 3.63. The molecule has 0 aliphatic rings. The molecule has 0 radical (unpaired) electrons. The fraction of sp³-hybridized carbons (Fsp3) is 0.857. The van der Waals surface area contributed by atoms with E-state index in [1.54, 1.807) is 0 Å². The smallest absolute Gasteiger partial charge is 0.306 e. The topological polar surface area (TPSA) is 72.5 Å². The quantitative estimate of drug-likeness (QED) is 0.584. The summed E-state index contributed by atoms with van der Waals surface area (Å²) in [6.07, 6.45) is 0.310. The van der Waals surface area contributed by atoms with Gasteiger partial charge in [-0.2, -0.15) is 0 Å². The molecule has 0 aliphatic carbocycles. The lowest BCUT2D eigenvalue weighted by Crippen LogP contribution is -2.22. The summed E-state index contributed by atoms with van der Waals surface area (Å²) >= 11 is 0. The summed E-state index contributed by atoms with van der Waals surface area (Å²) in [6, 6.07) is 0. The van der Waals surface area contributed by atoms with Crippen molar-refractivity contribution in [2.45, 2.75) is 32.8 Å². The van der Waals surface area contributed by atoms with Crippen LogP contribution in [0.25, 0.3) is 0 Å². The molecule has 4 nitrogen and oxygen atoms in total. The van der Waals surface area contributed by atoms with Gasteiger partial charge in [0.25, 0.3) is 0 Å². The van der Waals surface area contributed by atoms with Gasteiger partial charge in [-0.25, -0.2) is 5.90 Å². The number of carboxylic acid groups (broad SMARTS) is 1. The van der Waals surface area contributed by atoms with Gasteiger partial charge in [-0.05, 0) is 12.3 Å². The molecule has 0 aromatic heterocycles. The van der Waals surface area contributed by atoms with E-state index in [0.717, 1.165) is 0 Å². The lowest BCUT2D eigenvalue weighted by atomic mass is 10.0. The third-order valence-corrected chi connectivity index (χ3v) is 1.33. The predicted octanol–water partition coefficient (Wildman–Crippen LogP) is 0.766.